The second-order valence-electron chi connectivity index (χ2n) is 5.33. The Morgan fingerprint density at radius 2 is 2.18 bits per heavy atom. The normalized spacial score (nSPS) is 15.8. The van der Waals surface area contributed by atoms with Gasteiger partial charge in [0.2, 0.25) is 0 Å². The molecule has 0 saturated heterocycles. The van der Waals surface area contributed by atoms with Crippen LogP contribution in [0.4, 0.5) is 0 Å². The molecule has 0 aromatic carbocycles. The fraction of sp³-hybridized carbons (Fsp3) is 0.786. The molecule has 1 aliphatic rings. The van der Waals surface area contributed by atoms with Crippen LogP contribution in [0.25, 0.3) is 0 Å². The molecule has 0 radical (unpaired) electrons. The fourth-order valence-corrected chi connectivity index (χ4v) is 3.10. The van der Waals surface area contributed by atoms with Crippen molar-refractivity contribution in [1.82, 2.24) is 10.3 Å². The van der Waals surface area contributed by atoms with Gasteiger partial charge in [-0.05, 0) is 25.7 Å². The van der Waals surface area contributed by atoms with Crippen LogP contribution in [0.15, 0.2) is 0 Å². The van der Waals surface area contributed by atoms with Crippen molar-refractivity contribution in [2.24, 2.45) is 0 Å². The molecule has 0 aliphatic heterocycles. The zero-order valence-electron chi connectivity index (χ0n) is 11.3. The molecule has 0 amide bonds. The van der Waals surface area contributed by atoms with Crippen LogP contribution in [0.2, 0.25) is 0 Å². The third kappa shape index (κ3) is 3.78. The maximum Gasteiger partial charge on any atom is 0.0931 e. The van der Waals surface area contributed by atoms with Crippen LogP contribution in [0, 0.1) is 0 Å². The number of thiazole rings is 1. The SMILES string of the molecule is CCCCc1nc(C2CC2)c(CNC(C)C)s1. The number of hydrogen-bond acceptors (Lipinski definition) is 3. The summed E-state index contributed by atoms with van der Waals surface area (Å²) >= 11 is 1.94. The van der Waals surface area contributed by atoms with E-state index in [0.717, 1.165) is 12.5 Å². The Hall–Kier alpha value is -0.410. The average Bonchev–Trinajstić information content (AvgIpc) is 3.05. The molecule has 17 heavy (non-hydrogen) atoms. The van der Waals surface area contributed by atoms with Gasteiger partial charge < -0.3 is 5.32 Å². The van der Waals surface area contributed by atoms with Crippen LogP contribution in [0.5, 0.6) is 0 Å². The van der Waals surface area contributed by atoms with Gasteiger partial charge in [-0.1, -0.05) is 27.2 Å². The third-order valence-corrected chi connectivity index (χ3v) is 4.28. The highest BCUT2D eigenvalue weighted by Gasteiger charge is 2.29. The van der Waals surface area contributed by atoms with Gasteiger partial charge in [-0.15, -0.1) is 11.3 Å². The van der Waals surface area contributed by atoms with Gasteiger partial charge in [-0.2, -0.15) is 0 Å². The van der Waals surface area contributed by atoms with E-state index >= 15 is 0 Å². The van der Waals surface area contributed by atoms with Crippen molar-refractivity contribution in [3.63, 3.8) is 0 Å². The first-order valence-electron chi connectivity index (χ1n) is 6.92. The number of hydrogen-bond donors (Lipinski definition) is 1. The van der Waals surface area contributed by atoms with Crippen molar-refractivity contribution in [1.29, 1.82) is 0 Å². The third-order valence-electron chi connectivity index (χ3n) is 3.15. The van der Waals surface area contributed by atoms with E-state index in [1.807, 2.05) is 11.3 Å². The van der Waals surface area contributed by atoms with E-state index in [4.69, 9.17) is 4.98 Å². The first-order chi connectivity index (χ1) is 8.20. The van der Waals surface area contributed by atoms with Crippen molar-refractivity contribution in [3.8, 4) is 0 Å². The van der Waals surface area contributed by atoms with E-state index in [-0.39, 0.29) is 0 Å². The number of rotatable bonds is 7. The van der Waals surface area contributed by atoms with Crippen LogP contribution < -0.4 is 5.32 Å². The number of aromatic nitrogens is 1. The summed E-state index contributed by atoms with van der Waals surface area (Å²) in [5.74, 6) is 0.783. The predicted octanol–water partition coefficient (Wildman–Crippen LogP) is 3.86. The van der Waals surface area contributed by atoms with Gasteiger partial charge in [0.15, 0.2) is 0 Å². The Kier molecular flexibility index (Phi) is 4.57. The highest BCUT2D eigenvalue weighted by Crippen LogP contribution is 2.42. The molecule has 1 aromatic rings. The van der Waals surface area contributed by atoms with Crippen LogP contribution in [-0.2, 0) is 13.0 Å². The molecular formula is C14H24N2S. The second-order valence-corrected chi connectivity index (χ2v) is 6.50. The number of nitrogens with one attached hydrogen (secondary N) is 1. The van der Waals surface area contributed by atoms with Gasteiger partial charge in [-0.25, -0.2) is 4.98 Å². The standard InChI is InChI=1S/C14H24N2S/c1-4-5-6-13-16-14(11-7-8-11)12(17-13)9-15-10(2)3/h10-11,15H,4-9H2,1-3H3. The van der Waals surface area contributed by atoms with Gasteiger partial charge in [0, 0.05) is 23.4 Å². The zero-order valence-corrected chi connectivity index (χ0v) is 12.1. The van der Waals surface area contributed by atoms with E-state index in [1.165, 1.54) is 47.7 Å². The van der Waals surface area contributed by atoms with Crippen LogP contribution in [-0.4, -0.2) is 11.0 Å². The molecule has 1 aliphatic carbocycles. The van der Waals surface area contributed by atoms with Gasteiger partial charge in [0.05, 0.1) is 10.7 Å². The predicted molar refractivity (Wildman–Crippen MR) is 74.7 cm³/mol. The van der Waals surface area contributed by atoms with Crippen molar-refractivity contribution >= 4 is 11.3 Å². The molecule has 0 unspecified atom stereocenters. The Morgan fingerprint density at radius 3 is 2.76 bits per heavy atom. The van der Waals surface area contributed by atoms with E-state index in [2.05, 4.69) is 26.1 Å². The molecule has 3 heteroatoms. The molecule has 1 fully saturated rings. The van der Waals surface area contributed by atoms with Gasteiger partial charge in [0.1, 0.15) is 0 Å². The lowest BCUT2D eigenvalue weighted by Crippen LogP contribution is -2.21. The molecule has 2 rings (SSSR count). The van der Waals surface area contributed by atoms with Gasteiger partial charge in [-0.3, -0.25) is 0 Å². The summed E-state index contributed by atoms with van der Waals surface area (Å²) in [6, 6.07) is 0.559. The molecule has 96 valence electrons. The Balaban J connectivity index is 2.02. The number of nitrogens with zero attached hydrogens (tertiary/aromatic N) is 1. The summed E-state index contributed by atoms with van der Waals surface area (Å²) in [7, 11) is 0. The van der Waals surface area contributed by atoms with Crippen molar-refractivity contribution in [2.75, 3.05) is 0 Å². The van der Waals surface area contributed by atoms with Crippen LogP contribution in [0.3, 0.4) is 0 Å². The molecule has 1 N–H and O–H groups in total. The lowest BCUT2D eigenvalue weighted by Gasteiger charge is -2.07. The van der Waals surface area contributed by atoms with Gasteiger partial charge in [0.25, 0.3) is 0 Å². The molecule has 0 spiro atoms. The lowest BCUT2D eigenvalue weighted by molar-refractivity contribution is 0.590. The first kappa shape index (κ1) is 13.0. The first-order valence-corrected chi connectivity index (χ1v) is 7.74. The summed E-state index contributed by atoms with van der Waals surface area (Å²) in [6.45, 7) is 7.66. The number of aryl methyl sites for hydroxylation is 1. The maximum absolute atomic E-state index is 4.87. The summed E-state index contributed by atoms with van der Waals surface area (Å²) in [5, 5.41) is 4.88. The van der Waals surface area contributed by atoms with E-state index in [9.17, 15) is 0 Å². The zero-order chi connectivity index (χ0) is 12.3. The molecule has 0 bridgehead atoms. The Labute approximate surface area is 109 Å². The second kappa shape index (κ2) is 5.96. The molecule has 1 aromatic heterocycles. The van der Waals surface area contributed by atoms with Crippen LogP contribution in [0.1, 0.15) is 68.0 Å². The number of unbranched alkanes of at least 4 members (excludes halogenated alkanes) is 1. The molecule has 1 heterocycles. The minimum absolute atomic E-state index is 0.559. The van der Waals surface area contributed by atoms with Crippen molar-refractivity contribution in [3.05, 3.63) is 15.6 Å². The Bertz CT molecular complexity index is 353. The average molecular weight is 252 g/mol. The van der Waals surface area contributed by atoms with E-state index in [0.29, 0.717) is 6.04 Å². The molecule has 0 atom stereocenters. The van der Waals surface area contributed by atoms with Gasteiger partial charge >= 0.3 is 0 Å². The van der Waals surface area contributed by atoms with E-state index < -0.39 is 0 Å². The summed E-state index contributed by atoms with van der Waals surface area (Å²) in [5.41, 5.74) is 1.41. The molecular weight excluding hydrogens is 228 g/mol. The minimum atomic E-state index is 0.559. The lowest BCUT2D eigenvalue weighted by atomic mass is 10.2. The largest absolute Gasteiger partial charge is 0.310 e. The maximum atomic E-state index is 4.87. The smallest absolute Gasteiger partial charge is 0.0931 e. The van der Waals surface area contributed by atoms with Crippen molar-refractivity contribution in [2.45, 2.75) is 71.4 Å². The highest BCUT2D eigenvalue weighted by atomic mass is 32.1. The molecule has 2 nitrogen and oxygen atoms in total. The monoisotopic (exact) mass is 252 g/mol. The highest BCUT2D eigenvalue weighted by molar-refractivity contribution is 7.11. The Morgan fingerprint density at radius 1 is 1.41 bits per heavy atom. The summed E-state index contributed by atoms with van der Waals surface area (Å²) < 4.78 is 0. The molecule has 1 saturated carbocycles. The fourth-order valence-electron chi connectivity index (χ4n) is 1.95. The van der Waals surface area contributed by atoms with E-state index in [1.54, 1.807) is 0 Å². The van der Waals surface area contributed by atoms with Crippen molar-refractivity contribution < 1.29 is 0 Å². The summed E-state index contributed by atoms with van der Waals surface area (Å²) in [6.07, 6.45) is 6.41. The van der Waals surface area contributed by atoms with Crippen LogP contribution >= 0.6 is 11.3 Å². The summed E-state index contributed by atoms with van der Waals surface area (Å²) in [4.78, 5) is 6.36. The minimum Gasteiger partial charge on any atom is -0.310 e. The topological polar surface area (TPSA) is 24.9 Å². The quantitative estimate of drug-likeness (QED) is 0.797.